The average molecular weight is 450 g/mol. The normalized spacial score (nSPS) is 27.8. The van der Waals surface area contributed by atoms with Gasteiger partial charge in [-0.05, 0) is 18.1 Å². The summed E-state index contributed by atoms with van der Waals surface area (Å²) in [4.78, 5) is 52.7. The molecule has 10 nitrogen and oxygen atoms in total. The van der Waals surface area contributed by atoms with Crippen molar-refractivity contribution >= 4 is 34.8 Å². The Morgan fingerprint density at radius 2 is 1.85 bits per heavy atom. The second kappa shape index (κ2) is 7.11. The van der Waals surface area contributed by atoms with Crippen LogP contribution in [0.15, 0.2) is 42.5 Å². The summed E-state index contributed by atoms with van der Waals surface area (Å²) >= 11 is 0. The zero-order chi connectivity index (χ0) is 23.7. The van der Waals surface area contributed by atoms with Crippen LogP contribution in [0, 0.1) is 27.9 Å². The van der Waals surface area contributed by atoms with Crippen molar-refractivity contribution in [1.29, 1.82) is 0 Å². The molecule has 0 bridgehead atoms. The van der Waals surface area contributed by atoms with Crippen molar-refractivity contribution in [2.24, 2.45) is 17.8 Å². The maximum Gasteiger partial charge on any atom is 0.271 e. The number of ether oxygens (including phenoxy) is 1. The Bertz CT molecular complexity index is 1230. The Kier molecular flexibility index (Phi) is 4.54. The fourth-order valence-corrected chi connectivity index (χ4v) is 5.47. The lowest BCUT2D eigenvalue weighted by molar-refractivity contribution is -0.384. The quantitative estimate of drug-likeness (QED) is 0.415. The summed E-state index contributed by atoms with van der Waals surface area (Å²) in [6.07, 6.45) is 0. The van der Waals surface area contributed by atoms with E-state index in [-0.39, 0.29) is 23.0 Å². The van der Waals surface area contributed by atoms with Crippen LogP contribution >= 0.6 is 0 Å². The number of hydrogen-bond acceptors (Lipinski definition) is 7. The van der Waals surface area contributed by atoms with Gasteiger partial charge in [0.1, 0.15) is 17.0 Å². The molecule has 2 saturated heterocycles. The number of benzene rings is 2. The van der Waals surface area contributed by atoms with Crippen molar-refractivity contribution in [2.45, 2.75) is 25.4 Å². The summed E-state index contributed by atoms with van der Waals surface area (Å²) in [5.41, 5.74) is -0.487. The van der Waals surface area contributed by atoms with Gasteiger partial charge in [0.25, 0.3) is 5.69 Å². The Balaban J connectivity index is 1.70. The molecule has 0 saturated carbocycles. The van der Waals surface area contributed by atoms with Crippen molar-refractivity contribution in [3.05, 3.63) is 58.1 Å². The molecule has 4 atom stereocenters. The highest BCUT2D eigenvalue weighted by Crippen LogP contribution is 2.55. The van der Waals surface area contributed by atoms with Crippen LogP contribution in [0.1, 0.15) is 19.4 Å². The Morgan fingerprint density at radius 1 is 1.12 bits per heavy atom. The molecular weight excluding hydrogens is 428 g/mol. The van der Waals surface area contributed by atoms with Gasteiger partial charge in [-0.1, -0.05) is 32.0 Å². The van der Waals surface area contributed by atoms with Crippen molar-refractivity contribution in [3.8, 4) is 5.75 Å². The molecule has 2 fully saturated rings. The monoisotopic (exact) mass is 450 g/mol. The number of imide groups is 1. The molecule has 3 amide bonds. The van der Waals surface area contributed by atoms with Gasteiger partial charge in [-0.25, -0.2) is 4.90 Å². The van der Waals surface area contributed by atoms with Gasteiger partial charge >= 0.3 is 0 Å². The number of carbonyl (C=O) groups is 3. The molecule has 10 heteroatoms. The predicted molar refractivity (Wildman–Crippen MR) is 118 cm³/mol. The lowest BCUT2D eigenvalue weighted by atomic mass is 9.76. The number of nitro groups is 1. The van der Waals surface area contributed by atoms with Crippen LogP contribution in [-0.4, -0.2) is 35.8 Å². The minimum atomic E-state index is -1.41. The summed E-state index contributed by atoms with van der Waals surface area (Å²) in [7, 11) is 1.36. The number of fused-ring (bicyclic) bond motifs is 4. The van der Waals surface area contributed by atoms with Crippen molar-refractivity contribution in [3.63, 3.8) is 0 Å². The number of non-ortho nitro benzene ring substituents is 1. The predicted octanol–water partition coefficient (Wildman–Crippen LogP) is 2.18. The molecule has 33 heavy (non-hydrogen) atoms. The van der Waals surface area contributed by atoms with Crippen molar-refractivity contribution in [2.75, 3.05) is 17.3 Å². The van der Waals surface area contributed by atoms with Gasteiger partial charge in [-0.3, -0.25) is 29.8 Å². The first kappa shape index (κ1) is 21.1. The second-order valence-electron chi connectivity index (χ2n) is 8.85. The van der Waals surface area contributed by atoms with E-state index in [2.05, 4.69) is 10.6 Å². The maximum atomic E-state index is 13.9. The summed E-state index contributed by atoms with van der Waals surface area (Å²) in [5.74, 6) is -3.24. The molecule has 0 aliphatic carbocycles. The number of nitrogens with one attached hydrogen (secondary N) is 2. The number of para-hydroxylation sites is 1. The molecule has 5 rings (SSSR count). The third-order valence-corrected chi connectivity index (χ3v) is 6.89. The fourth-order valence-electron chi connectivity index (χ4n) is 5.47. The maximum absolute atomic E-state index is 13.9. The second-order valence-corrected chi connectivity index (χ2v) is 8.85. The minimum Gasteiger partial charge on any atom is -0.495 e. The number of hydrogen-bond donors (Lipinski definition) is 2. The molecule has 3 aliphatic rings. The Labute approximate surface area is 189 Å². The molecule has 2 aromatic carbocycles. The first-order valence-electron chi connectivity index (χ1n) is 10.6. The van der Waals surface area contributed by atoms with Gasteiger partial charge in [-0.2, -0.15) is 0 Å². The van der Waals surface area contributed by atoms with Crippen LogP contribution in [0.2, 0.25) is 0 Å². The molecule has 3 aliphatic heterocycles. The SMILES string of the molecule is COc1ccc([N+](=O)[O-])cc1N1C(=O)[C@@H]2[C@H](C(C)C)N[C@]3(C(=O)Nc4ccccc43)[C@H]2C1=O. The zero-order valence-corrected chi connectivity index (χ0v) is 18.2. The lowest BCUT2D eigenvalue weighted by Gasteiger charge is -2.30. The van der Waals surface area contributed by atoms with E-state index in [1.54, 1.807) is 24.3 Å². The van der Waals surface area contributed by atoms with Crippen LogP contribution in [0.4, 0.5) is 17.1 Å². The van der Waals surface area contributed by atoms with E-state index in [1.165, 1.54) is 19.2 Å². The molecule has 170 valence electrons. The molecule has 2 N–H and O–H groups in total. The van der Waals surface area contributed by atoms with Crippen molar-refractivity contribution in [1.82, 2.24) is 5.32 Å². The third kappa shape index (κ3) is 2.67. The summed E-state index contributed by atoms with van der Waals surface area (Å²) < 4.78 is 5.32. The average Bonchev–Trinajstić information content (AvgIpc) is 3.38. The Hall–Kier alpha value is -3.79. The largest absolute Gasteiger partial charge is 0.495 e. The summed E-state index contributed by atoms with van der Waals surface area (Å²) in [6, 6.07) is 10.4. The van der Waals surface area contributed by atoms with E-state index >= 15 is 0 Å². The highest BCUT2D eigenvalue weighted by atomic mass is 16.6. The first-order valence-corrected chi connectivity index (χ1v) is 10.6. The van der Waals surface area contributed by atoms with E-state index < -0.39 is 46.1 Å². The van der Waals surface area contributed by atoms with Crippen molar-refractivity contribution < 1.29 is 24.0 Å². The summed E-state index contributed by atoms with van der Waals surface area (Å²) in [5, 5.41) is 17.6. The number of nitro benzene ring substituents is 1. The van der Waals surface area contributed by atoms with Gasteiger partial charge < -0.3 is 10.1 Å². The topological polar surface area (TPSA) is 131 Å². The molecule has 2 aromatic rings. The lowest BCUT2D eigenvalue weighted by Crippen LogP contribution is -2.54. The molecular formula is C23H22N4O6. The minimum absolute atomic E-state index is 0.000413. The van der Waals surface area contributed by atoms with E-state index in [0.717, 1.165) is 11.0 Å². The van der Waals surface area contributed by atoms with E-state index in [1.807, 2.05) is 13.8 Å². The van der Waals surface area contributed by atoms with Gasteiger partial charge in [0, 0.05) is 29.4 Å². The highest BCUT2D eigenvalue weighted by Gasteiger charge is 2.71. The van der Waals surface area contributed by atoms with Gasteiger partial charge in [-0.15, -0.1) is 0 Å². The number of nitrogens with zero attached hydrogens (tertiary/aromatic N) is 2. The van der Waals surface area contributed by atoms with Gasteiger partial charge in [0.15, 0.2) is 0 Å². The smallest absolute Gasteiger partial charge is 0.271 e. The van der Waals surface area contributed by atoms with E-state index in [9.17, 15) is 24.5 Å². The fraction of sp³-hybridized carbons (Fsp3) is 0.348. The standard InChI is InChI=1S/C23H22N4O6/c1-11(2)19-17-18(23(25-19)13-6-4-5-7-14(13)24-22(23)30)21(29)26(20(17)28)15-10-12(27(31)32)8-9-16(15)33-3/h4-11,17-19,25H,1-3H3,(H,24,30)/t17-,18+,19-,23-/m0/s1. The number of anilines is 2. The van der Waals surface area contributed by atoms with Gasteiger partial charge in [0.05, 0.1) is 23.9 Å². The molecule has 0 unspecified atom stereocenters. The van der Waals surface area contributed by atoms with Gasteiger partial charge in [0.2, 0.25) is 17.7 Å². The molecule has 3 heterocycles. The number of rotatable bonds is 4. The van der Waals surface area contributed by atoms with E-state index in [0.29, 0.717) is 11.3 Å². The Morgan fingerprint density at radius 3 is 2.52 bits per heavy atom. The number of methoxy groups -OCH3 is 1. The molecule has 0 radical (unpaired) electrons. The zero-order valence-electron chi connectivity index (χ0n) is 18.2. The van der Waals surface area contributed by atoms with Crippen LogP contribution in [0.5, 0.6) is 5.75 Å². The highest BCUT2D eigenvalue weighted by molar-refractivity contribution is 6.26. The van der Waals surface area contributed by atoms with Crippen LogP contribution in [0.25, 0.3) is 0 Å². The number of carbonyl (C=O) groups excluding carboxylic acids is 3. The summed E-state index contributed by atoms with van der Waals surface area (Å²) in [6.45, 7) is 3.84. The molecule has 0 aromatic heterocycles. The molecule has 1 spiro atoms. The number of amides is 3. The van der Waals surface area contributed by atoms with Crippen LogP contribution in [0.3, 0.4) is 0 Å². The first-order chi connectivity index (χ1) is 15.7. The third-order valence-electron chi connectivity index (χ3n) is 6.89. The van der Waals surface area contributed by atoms with Crippen LogP contribution in [-0.2, 0) is 19.9 Å². The van der Waals surface area contributed by atoms with Crippen LogP contribution < -0.4 is 20.3 Å². The van der Waals surface area contributed by atoms with E-state index in [4.69, 9.17) is 4.74 Å².